The molecule has 4 heteroatoms. The lowest BCUT2D eigenvalue weighted by molar-refractivity contribution is 0.590. The van der Waals surface area contributed by atoms with Crippen molar-refractivity contribution in [3.8, 4) is 0 Å². The van der Waals surface area contributed by atoms with E-state index in [9.17, 15) is 8.78 Å². The fourth-order valence-corrected chi connectivity index (χ4v) is 1.78. The van der Waals surface area contributed by atoms with Crippen molar-refractivity contribution >= 4 is 22.5 Å². The summed E-state index contributed by atoms with van der Waals surface area (Å²) in [5.74, 6) is -1.18. The molecule has 0 aliphatic rings. The summed E-state index contributed by atoms with van der Waals surface area (Å²) in [4.78, 5) is 4.15. The molecule has 1 aromatic heterocycles. The molecule has 0 atom stereocenters. The Morgan fingerprint density at radius 2 is 1.88 bits per heavy atom. The van der Waals surface area contributed by atoms with Gasteiger partial charge in [0.05, 0.1) is 5.02 Å². The number of aromatic nitrogens is 1. The van der Waals surface area contributed by atoms with Crippen molar-refractivity contribution in [1.82, 2.24) is 4.98 Å². The van der Waals surface area contributed by atoms with Crippen molar-refractivity contribution in [2.45, 2.75) is 19.8 Å². The van der Waals surface area contributed by atoms with Crippen molar-refractivity contribution in [3.63, 3.8) is 0 Å². The number of pyridine rings is 1. The summed E-state index contributed by atoms with van der Waals surface area (Å²) in [6.45, 7) is 3.87. The molecule has 0 bridgehead atoms. The zero-order valence-electron chi connectivity index (χ0n) is 8.89. The van der Waals surface area contributed by atoms with Gasteiger partial charge in [-0.05, 0) is 18.1 Å². The Balaban J connectivity index is 2.82. The minimum absolute atomic E-state index is 0.123. The third-order valence-electron chi connectivity index (χ3n) is 2.39. The van der Waals surface area contributed by atoms with E-state index in [-0.39, 0.29) is 11.4 Å². The lowest BCUT2D eigenvalue weighted by Crippen LogP contribution is -1.96. The normalized spacial score (nSPS) is 11.4. The Morgan fingerprint density at radius 3 is 2.50 bits per heavy atom. The van der Waals surface area contributed by atoms with E-state index in [1.807, 2.05) is 13.8 Å². The highest BCUT2D eigenvalue weighted by molar-refractivity contribution is 6.35. The van der Waals surface area contributed by atoms with E-state index in [0.717, 1.165) is 6.07 Å². The van der Waals surface area contributed by atoms with Gasteiger partial charge in [0, 0.05) is 17.1 Å². The van der Waals surface area contributed by atoms with Crippen LogP contribution in [0.15, 0.2) is 18.2 Å². The van der Waals surface area contributed by atoms with Gasteiger partial charge in [0.1, 0.15) is 11.3 Å². The molecular weight excluding hydrogens is 232 g/mol. The molecule has 0 aliphatic heterocycles. The fraction of sp³-hybridized carbons (Fsp3) is 0.250. The van der Waals surface area contributed by atoms with Gasteiger partial charge in [-0.1, -0.05) is 25.4 Å². The van der Waals surface area contributed by atoms with Crippen LogP contribution in [0.5, 0.6) is 0 Å². The van der Waals surface area contributed by atoms with Crippen molar-refractivity contribution in [3.05, 3.63) is 40.6 Å². The maximum Gasteiger partial charge on any atom is 0.152 e. The summed E-state index contributed by atoms with van der Waals surface area (Å²) in [6, 6.07) is 3.65. The smallest absolute Gasteiger partial charge is 0.152 e. The lowest BCUT2D eigenvalue weighted by atomic mass is 10.1. The van der Waals surface area contributed by atoms with Crippen molar-refractivity contribution in [2.24, 2.45) is 0 Å². The summed E-state index contributed by atoms with van der Waals surface area (Å²) in [5.41, 5.74) is 0.820. The number of halogens is 3. The van der Waals surface area contributed by atoms with Gasteiger partial charge in [-0.2, -0.15) is 0 Å². The van der Waals surface area contributed by atoms with Gasteiger partial charge in [-0.15, -0.1) is 0 Å². The summed E-state index contributed by atoms with van der Waals surface area (Å²) in [5, 5.41) is 0.635. The van der Waals surface area contributed by atoms with E-state index in [2.05, 4.69) is 4.98 Å². The molecule has 0 N–H and O–H groups in total. The zero-order valence-corrected chi connectivity index (χ0v) is 9.65. The molecule has 0 aliphatic carbocycles. The highest BCUT2D eigenvalue weighted by atomic mass is 35.5. The molecule has 2 aromatic rings. The topological polar surface area (TPSA) is 12.9 Å². The molecule has 1 heterocycles. The third-order valence-corrected chi connectivity index (χ3v) is 2.71. The second kappa shape index (κ2) is 3.98. The van der Waals surface area contributed by atoms with E-state index in [4.69, 9.17) is 11.6 Å². The monoisotopic (exact) mass is 241 g/mol. The highest BCUT2D eigenvalue weighted by Gasteiger charge is 2.12. The quantitative estimate of drug-likeness (QED) is 0.726. The number of hydrogen-bond donors (Lipinski definition) is 0. The first-order valence-electron chi connectivity index (χ1n) is 4.94. The van der Waals surface area contributed by atoms with Crippen molar-refractivity contribution < 1.29 is 8.78 Å². The zero-order chi connectivity index (χ0) is 11.9. The van der Waals surface area contributed by atoms with Crippen molar-refractivity contribution in [2.75, 3.05) is 0 Å². The standard InChI is InChI=1S/C12H10ClF2N/c1-6(2)11-5-9(13)8-3-7(14)4-10(15)12(8)16-11/h3-6H,1-2H3. The lowest BCUT2D eigenvalue weighted by Gasteiger charge is -2.08. The average molecular weight is 242 g/mol. The maximum atomic E-state index is 13.5. The van der Waals surface area contributed by atoms with Crippen LogP contribution in [-0.2, 0) is 0 Å². The molecule has 0 amide bonds. The van der Waals surface area contributed by atoms with Gasteiger partial charge in [0.2, 0.25) is 0 Å². The van der Waals surface area contributed by atoms with E-state index >= 15 is 0 Å². The SMILES string of the molecule is CC(C)c1cc(Cl)c2cc(F)cc(F)c2n1. The summed E-state index contributed by atoms with van der Waals surface area (Å²) < 4.78 is 26.5. The van der Waals surface area contributed by atoms with Crippen LogP contribution < -0.4 is 0 Å². The van der Waals surface area contributed by atoms with Gasteiger partial charge in [-0.3, -0.25) is 0 Å². The third kappa shape index (κ3) is 1.87. The van der Waals surface area contributed by atoms with Crippen LogP contribution >= 0.6 is 11.6 Å². The number of nitrogens with zero attached hydrogens (tertiary/aromatic N) is 1. The first kappa shape index (κ1) is 11.3. The summed E-state index contributed by atoms with van der Waals surface area (Å²) >= 11 is 5.98. The van der Waals surface area contributed by atoms with Crippen LogP contribution in [0.2, 0.25) is 5.02 Å². The minimum Gasteiger partial charge on any atom is -0.249 e. The molecule has 0 unspecified atom stereocenters. The molecule has 16 heavy (non-hydrogen) atoms. The summed E-state index contributed by atoms with van der Waals surface area (Å²) in [7, 11) is 0. The molecule has 0 spiro atoms. The second-order valence-electron chi connectivity index (χ2n) is 3.97. The Hall–Kier alpha value is -1.22. The number of hydrogen-bond acceptors (Lipinski definition) is 1. The van der Waals surface area contributed by atoms with Crippen LogP contribution in [0.3, 0.4) is 0 Å². The van der Waals surface area contributed by atoms with Crippen LogP contribution in [0.4, 0.5) is 8.78 Å². The van der Waals surface area contributed by atoms with Gasteiger partial charge < -0.3 is 0 Å². The van der Waals surface area contributed by atoms with Gasteiger partial charge in [-0.25, -0.2) is 13.8 Å². The van der Waals surface area contributed by atoms with E-state index in [1.165, 1.54) is 6.07 Å². The average Bonchev–Trinajstić information content (AvgIpc) is 2.19. The summed E-state index contributed by atoms with van der Waals surface area (Å²) in [6.07, 6.45) is 0. The largest absolute Gasteiger partial charge is 0.249 e. The molecule has 0 fully saturated rings. The van der Waals surface area contributed by atoms with Gasteiger partial charge in [0.15, 0.2) is 5.82 Å². The van der Waals surface area contributed by atoms with Gasteiger partial charge in [0.25, 0.3) is 0 Å². The van der Waals surface area contributed by atoms with E-state index in [0.29, 0.717) is 16.1 Å². The fourth-order valence-electron chi connectivity index (χ4n) is 1.53. The van der Waals surface area contributed by atoms with E-state index < -0.39 is 11.6 Å². The molecule has 0 radical (unpaired) electrons. The highest BCUT2D eigenvalue weighted by Crippen LogP contribution is 2.28. The van der Waals surface area contributed by atoms with Crippen molar-refractivity contribution in [1.29, 1.82) is 0 Å². The molecule has 0 saturated heterocycles. The molecule has 1 aromatic carbocycles. The van der Waals surface area contributed by atoms with Crippen LogP contribution in [-0.4, -0.2) is 4.98 Å². The predicted octanol–water partition coefficient (Wildman–Crippen LogP) is 4.29. The Bertz CT molecular complexity index is 552. The molecular formula is C12H10ClF2N. The Morgan fingerprint density at radius 1 is 1.19 bits per heavy atom. The van der Waals surface area contributed by atoms with Crippen LogP contribution in [0.25, 0.3) is 10.9 Å². The predicted molar refractivity (Wildman–Crippen MR) is 60.8 cm³/mol. The first-order chi connectivity index (χ1) is 7.49. The number of rotatable bonds is 1. The minimum atomic E-state index is -0.681. The van der Waals surface area contributed by atoms with Crippen LogP contribution in [0, 0.1) is 11.6 Å². The van der Waals surface area contributed by atoms with Crippen LogP contribution in [0.1, 0.15) is 25.5 Å². The molecule has 84 valence electrons. The Kier molecular flexibility index (Phi) is 2.80. The molecule has 0 saturated carbocycles. The van der Waals surface area contributed by atoms with Gasteiger partial charge >= 0.3 is 0 Å². The first-order valence-corrected chi connectivity index (χ1v) is 5.32. The number of fused-ring (bicyclic) bond motifs is 1. The van der Waals surface area contributed by atoms with E-state index in [1.54, 1.807) is 6.07 Å². The maximum absolute atomic E-state index is 13.5. The Labute approximate surface area is 97.1 Å². The molecule has 1 nitrogen and oxygen atoms in total. The second-order valence-corrected chi connectivity index (χ2v) is 4.37. The molecule has 2 rings (SSSR count). The number of benzene rings is 1.